The summed E-state index contributed by atoms with van der Waals surface area (Å²) in [6.45, 7) is 13.2. The molecular formula is C14H30N2O. The van der Waals surface area contributed by atoms with Crippen molar-refractivity contribution in [2.24, 2.45) is 5.92 Å². The van der Waals surface area contributed by atoms with Gasteiger partial charge >= 0.3 is 0 Å². The Labute approximate surface area is 107 Å². The lowest BCUT2D eigenvalue weighted by molar-refractivity contribution is -0.122. The fraction of sp³-hybridized carbons (Fsp3) is 0.929. The second-order valence-electron chi connectivity index (χ2n) is 5.82. The van der Waals surface area contributed by atoms with Crippen LogP contribution in [-0.2, 0) is 4.79 Å². The van der Waals surface area contributed by atoms with E-state index in [0.29, 0.717) is 18.5 Å². The Morgan fingerprint density at radius 3 is 2.29 bits per heavy atom. The zero-order chi connectivity index (χ0) is 13.5. The van der Waals surface area contributed by atoms with Crippen molar-refractivity contribution >= 4 is 5.91 Å². The highest BCUT2D eigenvalue weighted by atomic mass is 16.2. The fourth-order valence-electron chi connectivity index (χ4n) is 1.63. The van der Waals surface area contributed by atoms with E-state index in [1.807, 2.05) is 13.8 Å². The van der Waals surface area contributed by atoms with Crippen LogP contribution in [0.1, 0.15) is 60.8 Å². The van der Waals surface area contributed by atoms with E-state index >= 15 is 0 Å². The van der Waals surface area contributed by atoms with Crippen molar-refractivity contribution in [2.75, 3.05) is 6.54 Å². The molecule has 1 amide bonds. The molecule has 0 saturated carbocycles. The molecule has 0 aromatic carbocycles. The van der Waals surface area contributed by atoms with Gasteiger partial charge in [0.2, 0.25) is 5.91 Å². The van der Waals surface area contributed by atoms with Crippen LogP contribution in [0.25, 0.3) is 0 Å². The second kappa shape index (κ2) is 7.70. The Bertz CT molecular complexity index is 226. The predicted octanol–water partition coefficient (Wildman–Crippen LogP) is 2.71. The summed E-state index contributed by atoms with van der Waals surface area (Å²) in [7, 11) is 0. The summed E-state index contributed by atoms with van der Waals surface area (Å²) < 4.78 is 0. The molecule has 17 heavy (non-hydrogen) atoms. The van der Waals surface area contributed by atoms with Gasteiger partial charge in [0.1, 0.15) is 0 Å². The molecule has 2 atom stereocenters. The van der Waals surface area contributed by atoms with Crippen molar-refractivity contribution in [1.82, 2.24) is 10.6 Å². The van der Waals surface area contributed by atoms with Crippen molar-refractivity contribution in [3.63, 3.8) is 0 Å². The minimum atomic E-state index is -0.0985. The third-order valence-corrected chi connectivity index (χ3v) is 3.43. The van der Waals surface area contributed by atoms with E-state index in [2.05, 4.69) is 38.3 Å². The van der Waals surface area contributed by atoms with Gasteiger partial charge in [0.05, 0.1) is 6.54 Å². The first-order valence-electron chi connectivity index (χ1n) is 6.85. The van der Waals surface area contributed by atoms with E-state index in [0.717, 1.165) is 12.8 Å². The first kappa shape index (κ1) is 16.4. The molecule has 2 unspecified atom stereocenters. The van der Waals surface area contributed by atoms with Gasteiger partial charge in [-0.25, -0.2) is 0 Å². The summed E-state index contributed by atoms with van der Waals surface area (Å²) in [4.78, 5) is 11.7. The van der Waals surface area contributed by atoms with Gasteiger partial charge in [-0.1, -0.05) is 27.2 Å². The highest BCUT2D eigenvalue weighted by Crippen LogP contribution is 2.09. The lowest BCUT2D eigenvalue weighted by Crippen LogP contribution is -2.47. The number of carbonyl (C=O) groups excluding carboxylic acids is 1. The van der Waals surface area contributed by atoms with Gasteiger partial charge in [0, 0.05) is 11.6 Å². The molecule has 0 aliphatic rings. The van der Waals surface area contributed by atoms with Crippen molar-refractivity contribution in [1.29, 1.82) is 0 Å². The second-order valence-corrected chi connectivity index (χ2v) is 5.82. The van der Waals surface area contributed by atoms with Crippen LogP contribution in [0.3, 0.4) is 0 Å². The van der Waals surface area contributed by atoms with E-state index in [1.165, 1.54) is 6.42 Å². The molecular weight excluding hydrogens is 212 g/mol. The van der Waals surface area contributed by atoms with Crippen LogP contribution >= 0.6 is 0 Å². The molecule has 3 nitrogen and oxygen atoms in total. The summed E-state index contributed by atoms with van der Waals surface area (Å²) in [5, 5.41) is 6.31. The van der Waals surface area contributed by atoms with Gasteiger partial charge in [-0.2, -0.15) is 0 Å². The quantitative estimate of drug-likeness (QED) is 0.687. The third kappa shape index (κ3) is 8.19. The largest absolute Gasteiger partial charge is 0.350 e. The number of amides is 1. The molecule has 0 aliphatic carbocycles. The van der Waals surface area contributed by atoms with E-state index in [1.54, 1.807) is 0 Å². The number of nitrogens with one attached hydrogen (secondary N) is 2. The smallest absolute Gasteiger partial charge is 0.234 e. The summed E-state index contributed by atoms with van der Waals surface area (Å²) in [5.74, 6) is 0.806. The molecule has 2 N–H and O–H groups in total. The van der Waals surface area contributed by atoms with E-state index < -0.39 is 0 Å². The van der Waals surface area contributed by atoms with Crippen LogP contribution in [0.4, 0.5) is 0 Å². The molecule has 0 heterocycles. The molecule has 0 saturated heterocycles. The monoisotopic (exact) mass is 242 g/mol. The molecule has 0 radical (unpaired) electrons. The normalized spacial score (nSPS) is 15.4. The maximum Gasteiger partial charge on any atom is 0.234 e. The number of hydrogen-bond acceptors (Lipinski definition) is 2. The minimum Gasteiger partial charge on any atom is -0.350 e. The van der Waals surface area contributed by atoms with Crippen LogP contribution in [0.15, 0.2) is 0 Å². The molecule has 0 bridgehead atoms. The zero-order valence-electron chi connectivity index (χ0n) is 12.4. The molecule has 0 fully saturated rings. The Balaban J connectivity index is 3.84. The van der Waals surface area contributed by atoms with Crippen molar-refractivity contribution in [3.8, 4) is 0 Å². The van der Waals surface area contributed by atoms with Gasteiger partial charge in [0.25, 0.3) is 0 Å². The molecule has 0 aromatic rings. The average Bonchev–Trinajstić information content (AvgIpc) is 2.25. The lowest BCUT2D eigenvalue weighted by atomic mass is 10.0. The van der Waals surface area contributed by atoms with E-state index in [-0.39, 0.29) is 11.4 Å². The molecule has 0 spiro atoms. The van der Waals surface area contributed by atoms with Gasteiger partial charge < -0.3 is 10.6 Å². The number of hydrogen-bond donors (Lipinski definition) is 2. The molecule has 0 aliphatic heterocycles. The summed E-state index contributed by atoms with van der Waals surface area (Å²) in [6.07, 6.45) is 3.27. The van der Waals surface area contributed by atoms with Gasteiger partial charge in [-0.15, -0.1) is 0 Å². The zero-order valence-corrected chi connectivity index (χ0v) is 12.4. The van der Waals surface area contributed by atoms with E-state index in [9.17, 15) is 4.79 Å². The van der Waals surface area contributed by atoms with Crippen molar-refractivity contribution in [2.45, 2.75) is 72.4 Å². The maximum atomic E-state index is 11.7. The van der Waals surface area contributed by atoms with Crippen LogP contribution < -0.4 is 10.6 Å². The molecule has 0 rings (SSSR count). The topological polar surface area (TPSA) is 41.1 Å². The molecule has 102 valence electrons. The maximum absolute atomic E-state index is 11.7. The highest BCUT2D eigenvalue weighted by Gasteiger charge is 2.17. The molecule has 0 aromatic heterocycles. The Morgan fingerprint density at radius 2 is 1.82 bits per heavy atom. The standard InChI is InChI=1S/C14H30N2O/c1-7-11(3)9-12(4)15-10-13(17)16-14(5,6)8-2/h11-12,15H,7-10H2,1-6H3,(H,16,17). The third-order valence-electron chi connectivity index (χ3n) is 3.43. The van der Waals surface area contributed by atoms with Gasteiger partial charge in [0.15, 0.2) is 0 Å². The Hall–Kier alpha value is -0.570. The summed E-state index contributed by atoms with van der Waals surface area (Å²) in [5.41, 5.74) is -0.0985. The predicted molar refractivity (Wildman–Crippen MR) is 74.0 cm³/mol. The minimum absolute atomic E-state index is 0.0906. The SMILES string of the molecule is CCC(C)CC(C)NCC(=O)NC(C)(C)CC. The summed E-state index contributed by atoms with van der Waals surface area (Å²) >= 11 is 0. The fourth-order valence-corrected chi connectivity index (χ4v) is 1.63. The Morgan fingerprint density at radius 1 is 1.24 bits per heavy atom. The lowest BCUT2D eigenvalue weighted by Gasteiger charge is -2.25. The average molecular weight is 242 g/mol. The first-order chi connectivity index (χ1) is 7.80. The van der Waals surface area contributed by atoms with E-state index in [4.69, 9.17) is 0 Å². The highest BCUT2D eigenvalue weighted by molar-refractivity contribution is 5.78. The number of carbonyl (C=O) groups is 1. The van der Waals surface area contributed by atoms with Gasteiger partial charge in [-0.3, -0.25) is 4.79 Å². The summed E-state index contributed by atoms with van der Waals surface area (Å²) in [6, 6.07) is 0.403. The van der Waals surface area contributed by atoms with Crippen LogP contribution in [0.5, 0.6) is 0 Å². The Kier molecular flexibility index (Phi) is 7.44. The van der Waals surface area contributed by atoms with Crippen LogP contribution in [0, 0.1) is 5.92 Å². The van der Waals surface area contributed by atoms with Gasteiger partial charge in [-0.05, 0) is 39.5 Å². The van der Waals surface area contributed by atoms with Crippen molar-refractivity contribution in [3.05, 3.63) is 0 Å². The number of rotatable bonds is 8. The van der Waals surface area contributed by atoms with Crippen LogP contribution in [0.2, 0.25) is 0 Å². The van der Waals surface area contributed by atoms with Crippen LogP contribution in [-0.4, -0.2) is 24.0 Å². The van der Waals surface area contributed by atoms with Crippen molar-refractivity contribution < 1.29 is 4.79 Å². The first-order valence-corrected chi connectivity index (χ1v) is 6.85. The molecule has 3 heteroatoms.